The Kier molecular flexibility index (Phi) is 3.49. The molecule has 1 aromatic heterocycles. The van der Waals surface area contributed by atoms with E-state index in [4.69, 9.17) is 5.73 Å². The van der Waals surface area contributed by atoms with Gasteiger partial charge in [0.25, 0.3) is 0 Å². The van der Waals surface area contributed by atoms with Gasteiger partial charge in [-0.3, -0.25) is 4.98 Å². The molecule has 0 saturated heterocycles. The second kappa shape index (κ2) is 5.61. The number of rotatable bonds is 3. The molecule has 3 aromatic rings. The van der Waals surface area contributed by atoms with E-state index in [0.29, 0.717) is 11.5 Å². The van der Waals surface area contributed by atoms with Crippen molar-refractivity contribution in [3.63, 3.8) is 0 Å². The lowest BCUT2D eigenvalue weighted by atomic mass is 10.1. The normalized spacial score (nSPS) is 11.5. The van der Waals surface area contributed by atoms with Crippen LogP contribution in [0.5, 0.6) is 5.75 Å². The Bertz CT molecular complexity index is 915. The number of phenolic OH excluding ortho intramolecular Hbond substituents is 1. The third-order valence-corrected chi connectivity index (χ3v) is 3.21. The molecule has 110 valence electrons. The minimum Gasteiger partial charge on any atom is -0.508 e. The Labute approximate surface area is 125 Å². The fraction of sp³-hybridized carbons (Fsp3) is 0. The molecule has 0 aliphatic carbocycles. The van der Waals surface area contributed by atoms with Gasteiger partial charge in [-0.15, -0.1) is 0 Å². The van der Waals surface area contributed by atoms with Crippen LogP contribution in [0.15, 0.2) is 59.7 Å². The molecule has 2 aromatic carbocycles. The van der Waals surface area contributed by atoms with E-state index in [1.165, 1.54) is 6.20 Å². The average molecular weight is 294 g/mol. The van der Waals surface area contributed by atoms with Gasteiger partial charge >= 0.3 is 5.69 Å². The van der Waals surface area contributed by atoms with Gasteiger partial charge in [-0.2, -0.15) is 0 Å². The zero-order chi connectivity index (χ0) is 15.5. The predicted molar refractivity (Wildman–Crippen MR) is 86.3 cm³/mol. The average Bonchev–Trinajstić information content (AvgIpc) is 2.52. The van der Waals surface area contributed by atoms with Crippen LogP contribution in [0.2, 0.25) is 0 Å². The minimum atomic E-state index is -0.428. The summed E-state index contributed by atoms with van der Waals surface area (Å²) in [6.45, 7) is 0. The highest BCUT2D eigenvalue weighted by Crippen LogP contribution is 2.22. The van der Waals surface area contributed by atoms with Crippen molar-refractivity contribution in [2.45, 2.75) is 0 Å². The SMILES string of the molecule is N/C(=C\Nc1ccnc(=O)[nH]1)c1ccc2cc(O)ccc2c1. The molecule has 0 amide bonds. The molecule has 3 rings (SSSR count). The molecule has 5 N–H and O–H groups in total. The van der Waals surface area contributed by atoms with E-state index in [0.717, 1.165) is 16.3 Å². The summed E-state index contributed by atoms with van der Waals surface area (Å²) in [5, 5.41) is 14.3. The molecule has 0 fully saturated rings. The number of nitrogens with zero attached hydrogens (tertiary/aromatic N) is 1. The summed E-state index contributed by atoms with van der Waals surface area (Å²) in [5.41, 5.74) is 6.97. The van der Waals surface area contributed by atoms with E-state index in [-0.39, 0.29) is 5.75 Å². The lowest BCUT2D eigenvalue weighted by Gasteiger charge is -2.06. The molecule has 1 heterocycles. The summed E-state index contributed by atoms with van der Waals surface area (Å²) in [4.78, 5) is 17.2. The third kappa shape index (κ3) is 2.90. The fourth-order valence-electron chi connectivity index (χ4n) is 2.10. The summed E-state index contributed by atoms with van der Waals surface area (Å²) < 4.78 is 0. The molecule has 0 bridgehead atoms. The number of hydrogen-bond acceptors (Lipinski definition) is 5. The van der Waals surface area contributed by atoms with E-state index >= 15 is 0 Å². The van der Waals surface area contributed by atoms with E-state index < -0.39 is 5.69 Å². The van der Waals surface area contributed by atoms with Gasteiger partial charge in [-0.1, -0.05) is 18.2 Å². The maximum absolute atomic E-state index is 11.1. The van der Waals surface area contributed by atoms with Gasteiger partial charge in [-0.05, 0) is 40.6 Å². The van der Waals surface area contributed by atoms with Crippen LogP contribution < -0.4 is 16.7 Å². The van der Waals surface area contributed by atoms with Gasteiger partial charge in [0.2, 0.25) is 0 Å². The Morgan fingerprint density at radius 2 is 1.95 bits per heavy atom. The predicted octanol–water partition coefficient (Wildman–Crippen LogP) is 2.00. The molecule has 0 aliphatic rings. The van der Waals surface area contributed by atoms with Gasteiger partial charge in [0, 0.05) is 12.4 Å². The number of benzene rings is 2. The van der Waals surface area contributed by atoms with Crippen molar-refractivity contribution in [2.24, 2.45) is 5.73 Å². The zero-order valence-electron chi connectivity index (χ0n) is 11.6. The molecule has 0 unspecified atom stereocenters. The van der Waals surface area contributed by atoms with Gasteiger partial charge in [0.15, 0.2) is 0 Å². The number of H-pyrrole nitrogens is 1. The summed E-state index contributed by atoms with van der Waals surface area (Å²) >= 11 is 0. The minimum absolute atomic E-state index is 0.229. The van der Waals surface area contributed by atoms with Gasteiger partial charge in [-0.25, -0.2) is 9.78 Å². The topological polar surface area (TPSA) is 104 Å². The van der Waals surface area contributed by atoms with Crippen LogP contribution in [-0.4, -0.2) is 15.1 Å². The number of nitrogens with one attached hydrogen (secondary N) is 2. The number of nitrogens with two attached hydrogens (primary N) is 1. The Hall–Kier alpha value is -3.28. The van der Waals surface area contributed by atoms with Crippen molar-refractivity contribution in [2.75, 3.05) is 5.32 Å². The van der Waals surface area contributed by atoms with Crippen LogP contribution in [0.1, 0.15) is 5.56 Å². The number of aromatic amines is 1. The van der Waals surface area contributed by atoms with Crippen molar-refractivity contribution < 1.29 is 5.11 Å². The third-order valence-electron chi connectivity index (χ3n) is 3.21. The standard InChI is InChI=1S/C16H14N4O2/c17-14(9-19-15-5-6-18-16(22)20-15)12-2-1-11-8-13(21)4-3-10(11)7-12/h1-9,21H,17H2,(H2,18,19,20,22)/b14-9-. The Morgan fingerprint density at radius 1 is 1.18 bits per heavy atom. The van der Waals surface area contributed by atoms with Crippen LogP contribution in [-0.2, 0) is 0 Å². The summed E-state index contributed by atoms with van der Waals surface area (Å²) in [6.07, 6.45) is 3.01. The van der Waals surface area contributed by atoms with Crippen LogP contribution >= 0.6 is 0 Å². The first kappa shape index (κ1) is 13.7. The Balaban J connectivity index is 1.87. The highest BCUT2D eigenvalue weighted by atomic mass is 16.3. The maximum Gasteiger partial charge on any atom is 0.346 e. The number of aromatic nitrogens is 2. The lowest BCUT2D eigenvalue weighted by molar-refractivity contribution is 0.476. The largest absolute Gasteiger partial charge is 0.508 e. The van der Waals surface area contributed by atoms with Crippen molar-refractivity contribution in [1.29, 1.82) is 0 Å². The molecule has 0 aliphatic heterocycles. The van der Waals surface area contributed by atoms with E-state index in [2.05, 4.69) is 15.3 Å². The molecule has 0 saturated carbocycles. The number of anilines is 1. The summed E-state index contributed by atoms with van der Waals surface area (Å²) in [6, 6.07) is 12.5. The van der Waals surface area contributed by atoms with Gasteiger partial charge in [0.1, 0.15) is 11.6 Å². The first-order valence-corrected chi connectivity index (χ1v) is 6.62. The van der Waals surface area contributed by atoms with E-state index in [1.807, 2.05) is 24.3 Å². The van der Waals surface area contributed by atoms with E-state index in [1.54, 1.807) is 24.4 Å². The smallest absolute Gasteiger partial charge is 0.346 e. The molecule has 0 radical (unpaired) electrons. The molecule has 0 spiro atoms. The van der Waals surface area contributed by atoms with Crippen molar-refractivity contribution in [1.82, 2.24) is 9.97 Å². The first-order chi connectivity index (χ1) is 10.6. The monoisotopic (exact) mass is 294 g/mol. The van der Waals surface area contributed by atoms with Crippen LogP contribution in [0.25, 0.3) is 16.5 Å². The zero-order valence-corrected chi connectivity index (χ0v) is 11.6. The number of phenols is 1. The highest BCUT2D eigenvalue weighted by molar-refractivity contribution is 5.87. The molecular weight excluding hydrogens is 280 g/mol. The second-order valence-corrected chi connectivity index (χ2v) is 4.78. The summed E-state index contributed by atoms with van der Waals surface area (Å²) in [7, 11) is 0. The van der Waals surface area contributed by atoms with Crippen LogP contribution in [0.4, 0.5) is 5.82 Å². The molecular formula is C16H14N4O2. The second-order valence-electron chi connectivity index (χ2n) is 4.78. The van der Waals surface area contributed by atoms with E-state index in [9.17, 15) is 9.90 Å². The van der Waals surface area contributed by atoms with Gasteiger partial charge in [0.05, 0.1) is 5.70 Å². The molecule has 22 heavy (non-hydrogen) atoms. The molecule has 6 heteroatoms. The lowest BCUT2D eigenvalue weighted by Crippen LogP contribution is -2.11. The maximum atomic E-state index is 11.1. The molecule has 6 nitrogen and oxygen atoms in total. The quantitative estimate of drug-likeness (QED) is 0.591. The van der Waals surface area contributed by atoms with Crippen molar-refractivity contribution >= 4 is 22.3 Å². The number of hydrogen-bond donors (Lipinski definition) is 4. The summed E-state index contributed by atoms with van der Waals surface area (Å²) in [5.74, 6) is 0.737. The number of fused-ring (bicyclic) bond motifs is 1. The molecule has 0 atom stereocenters. The number of aromatic hydroxyl groups is 1. The van der Waals surface area contributed by atoms with Crippen LogP contribution in [0.3, 0.4) is 0 Å². The van der Waals surface area contributed by atoms with Crippen LogP contribution in [0, 0.1) is 0 Å². The van der Waals surface area contributed by atoms with Crippen molar-refractivity contribution in [3.8, 4) is 5.75 Å². The fourth-order valence-corrected chi connectivity index (χ4v) is 2.10. The highest BCUT2D eigenvalue weighted by Gasteiger charge is 2.01. The first-order valence-electron chi connectivity index (χ1n) is 6.62. The Morgan fingerprint density at radius 3 is 2.77 bits per heavy atom. The van der Waals surface area contributed by atoms with Gasteiger partial charge < -0.3 is 16.2 Å². The van der Waals surface area contributed by atoms with Crippen molar-refractivity contribution in [3.05, 3.63) is 70.9 Å².